The Morgan fingerprint density at radius 2 is 2.19 bits per heavy atom. The summed E-state index contributed by atoms with van der Waals surface area (Å²) in [5.74, 6) is 0.0824. The number of carbonyl (C=O) groups is 2. The predicted molar refractivity (Wildman–Crippen MR) is 130 cm³/mol. The number of aromatic nitrogens is 4. The van der Waals surface area contributed by atoms with Gasteiger partial charge in [0.25, 0.3) is 14.9 Å². The number of fused-ring (bicyclic) bond motifs is 2. The van der Waals surface area contributed by atoms with E-state index in [1.54, 1.807) is 4.52 Å². The lowest BCUT2D eigenvalue weighted by Gasteiger charge is -2.24. The molecule has 0 saturated heterocycles. The smallest absolute Gasteiger partial charge is 0.407 e. The SMILES string of the molecule is COC(=O)NC1CC=C(c2cn3ncc4c3nc2NCc2cc(F)cnc2O[Si](C)CNC4=O)CC1. The molecule has 11 nitrogen and oxygen atoms in total. The molecule has 2 aliphatic rings. The first kappa shape index (κ1) is 23.7. The van der Waals surface area contributed by atoms with Crippen molar-refractivity contribution in [1.82, 2.24) is 30.2 Å². The second-order valence-electron chi connectivity index (χ2n) is 8.62. The minimum atomic E-state index is -1.49. The van der Waals surface area contributed by atoms with Crippen LogP contribution in [0.2, 0.25) is 6.55 Å². The van der Waals surface area contributed by atoms with E-state index in [9.17, 15) is 14.0 Å². The van der Waals surface area contributed by atoms with E-state index in [4.69, 9.17) is 14.1 Å². The number of amides is 2. The number of nitrogens with one attached hydrogen (secondary N) is 3. The summed E-state index contributed by atoms with van der Waals surface area (Å²) in [5.41, 5.74) is 3.12. The Bertz CT molecular complexity index is 1360. The molecule has 0 fully saturated rings. The first-order valence-corrected chi connectivity index (χ1v) is 13.6. The molecule has 1 aliphatic heterocycles. The average Bonchev–Trinajstić information content (AvgIpc) is 3.29. The topological polar surface area (TPSA) is 132 Å². The van der Waals surface area contributed by atoms with Gasteiger partial charge < -0.3 is 25.1 Å². The third-order valence-corrected chi connectivity index (χ3v) is 7.33. The predicted octanol–water partition coefficient (Wildman–Crippen LogP) is 2.45. The first-order valence-electron chi connectivity index (χ1n) is 11.5. The minimum absolute atomic E-state index is 0.0287. The summed E-state index contributed by atoms with van der Waals surface area (Å²) in [4.78, 5) is 33.3. The van der Waals surface area contributed by atoms with Gasteiger partial charge in [-0.15, -0.1) is 0 Å². The molecule has 0 spiro atoms. The molecule has 0 aromatic carbocycles. The van der Waals surface area contributed by atoms with Gasteiger partial charge >= 0.3 is 6.09 Å². The molecule has 0 saturated carbocycles. The standard InChI is InChI=1S/C23H25FN7O4Si/c1-34-23(33)29-16-5-3-13(4-6-16)18-11-31-20-17(10-28-31)21(32)27-12-36(2)35-22-14(7-15(24)9-26-22)8-25-19(18)30-20/h3,7,9-11,16H,4-6,8,12H2,1-2H3,(H,25,30)(H,27,32)(H,29,33). The van der Waals surface area contributed by atoms with Gasteiger partial charge in [0.1, 0.15) is 17.2 Å². The Hall–Kier alpha value is -4.00. The molecule has 2 amide bonds. The van der Waals surface area contributed by atoms with Gasteiger partial charge in [-0.05, 0) is 37.4 Å². The van der Waals surface area contributed by atoms with Gasteiger partial charge in [-0.25, -0.2) is 23.7 Å². The molecule has 1 aliphatic carbocycles. The van der Waals surface area contributed by atoms with Crippen LogP contribution in [0.4, 0.5) is 15.0 Å². The van der Waals surface area contributed by atoms with Crippen LogP contribution in [0.1, 0.15) is 40.7 Å². The molecular weight excluding hydrogens is 485 g/mol. The van der Waals surface area contributed by atoms with E-state index in [-0.39, 0.29) is 18.5 Å². The average molecular weight is 511 g/mol. The summed E-state index contributed by atoms with van der Waals surface area (Å²) in [6.45, 7) is 2.12. The van der Waals surface area contributed by atoms with Crippen molar-refractivity contribution < 1.29 is 23.1 Å². The summed E-state index contributed by atoms with van der Waals surface area (Å²) >= 11 is 0. The van der Waals surface area contributed by atoms with Gasteiger partial charge in [0.15, 0.2) is 5.65 Å². The number of hydrogen-bond acceptors (Lipinski definition) is 8. The van der Waals surface area contributed by atoms with Crippen molar-refractivity contribution in [2.24, 2.45) is 0 Å². The highest BCUT2D eigenvalue weighted by molar-refractivity contribution is 6.51. The van der Waals surface area contributed by atoms with Crippen LogP contribution >= 0.6 is 0 Å². The van der Waals surface area contributed by atoms with Crippen LogP contribution in [-0.2, 0) is 11.3 Å². The van der Waals surface area contributed by atoms with Crippen LogP contribution in [0.25, 0.3) is 11.2 Å². The van der Waals surface area contributed by atoms with E-state index in [1.165, 1.54) is 19.4 Å². The maximum Gasteiger partial charge on any atom is 0.407 e. The highest BCUT2D eigenvalue weighted by Gasteiger charge is 2.24. The third-order valence-electron chi connectivity index (χ3n) is 6.11. The van der Waals surface area contributed by atoms with E-state index in [0.717, 1.165) is 23.8 Å². The van der Waals surface area contributed by atoms with Crippen molar-refractivity contribution in [3.8, 4) is 5.88 Å². The van der Waals surface area contributed by atoms with Crippen molar-refractivity contribution in [2.45, 2.75) is 38.4 Å². The van der Waals surface area contributed by atoms with E-state index < -0.39 is 21.0 Å². The van der Waals surface area contributed by atoms with Crippen molar-refractivity contribution >= 4 is 38.1 Å². The number of anilines is 1. The van der Waals surface area contributed by atoms with E-state index in [0.29, 0.717) is 47.5 Å². The van der Waals surface area contributed by atoms with E-state index in [1.807, 2.05) is 18.8 Å². The number of carbonyl (C=O) groups excluding carboxylic acids is 2. The molecule has 1 radical (unpaired) electrons. The van der Waals surface area contributed by atoms with Gasteiger partial charge in [0.2, 0.25) is 5.88 Å². The fourth-order valence-electron chi connectivity index (χ4n) is 4.24. The van der Waals surface area contributed by atoms with Gasteiger partial charge in [0, 0.05) is 36.1 Å². The molecule has 3 aromatic heterocycles. The van der Waals surface area contributed by atoms with Gasteiger partial charge in [-0.2, -0.15) is 5.10 Å². The Kier molecular flexibility index (Phi) is 6.54. The molecule has 1 unspecified atom stereocenters. The third kappa shape index (κ3) is 4.87. The summed E-state index contributed by atoms with van der Waals surface area (Å²) in [5, 5.41) is 13.4. The Morgan fingerprint density at radius 3 is 2.97 bits per heavy atom. The Morgan fingerprint density at radius 1 is 1.33 bits per heavy atom. The van der Waals surface area contributed by atoms with Crippen LogP contribution in [0.5, 0.6) is 5.88 Å². The van der Waals surface area contributed by atoms with Crippen molar-refractivity contribution in [1.29, 1.82) is 0 Å². The number of allylic oxidation sites excluding steroid dienone is 1. The number of pyridine rings is 1. The molecule has 36 heavy (non-hydrogen) atoms. The molecule has 13 heteroatoms. The van der Waals surface area contributed by atoms with Crippen LogP contribution in [0.3, 0.4) is 0 Å². The lowest BCUT2D eigenvalue weighted by atomic mass is 9.91. The number of ether oxygens (including phenoxy) is 1. The van der Waals surface area contributed by atoms with Crippen LogP contribution < -0.4 is 20.4 Å². The number of hydrogen-bond donors (Lipinski definition) is 3. The van der Waals surface area contributed by atoms with Crippen LogP contribution in [0, 0.1) is 5.82 Å². The van der Waals surface area contributed by atoms with Crippen molar-refractivity contribution in [3.05, 3.63) is 53.2 Å². The zero-order valence-electron chi connectivity index (χ0n) is 19.8. The maximum absolute atomic E-state index is 14.0. The molecule has 2 bridgehead atoms. The second-order valence-corrected chi connectivity index (χ2v) is 10.6. The molecule has 3 N–H and O–H groups in total. The van der Waals surface area contributed by atoms with Crippen LogP contribution in [-0.4, -0.2) is 59.9 Å². The normalized spacial score (nSPS) is 18.5. The lowest BCUT2D eigenvalue weighted by molar-refractivity contribution is 0.0960. The van der Waals surface area contributed by atoms with Crippen LogP contribution in [0.15, 0.2) is 30.7 Å². The Balaban J connectivity index is 1.54. The second kappa shape index (κ2) is 9.93. The molecule has 1 atom stereocenters. The Labute approximate surface area is 207 Å². The number of halogens is 1. The molecular formula is C23H25FN7O4Si. The first-order chi connectivity index (χ1) is 17.4. The summed E-state index contributed by atoms with van der Waals surface area (Å²) in [6.07, 6.45) is 8.38. The fourth-order valence-corrected chi connectivity index (χ4v) is 5.24. The number of alkyl carbamates (subject to hydrolysis) is 1. The number of nitrogens with zero attached hydrogens (tertiary/aromatic N) is 4. The fraction of sp³-hybridized carbons (Fsp3) is 0.348. The van der Waals surface area contributed by atoms with E-state index >= 15 is 0 Å². The zero-order chi connectivity index (χ0) is 25.2. The largest absolute Gasteiger partial charge is 0.527 e. The quantitative estimate of drug-likeness (QED) is 0.448. The molecule has 4 heterocycles. The van der Waals surface area contributed by atoms with Crippen molar-refractivity contribution in [3.63, 3.8) is 0 Å². The van der Waals surface area contributed by atoms with E-state index in [2.05, 4.69) is 26.0 Å². The lowest BCUT2D eigenvalue weighted by Crippen LogP contribution is -2.37. The highest BCUT2D eigenvalue weighted by Crippen LogP contribution is 2.32. The van der Waals surface area contributed by atoms with Gasteiger partial charge in [0.05, 0.1) is 19.5 Å². The van der Waals surface area contributed by atoms with Gasteiger partial charge in [-0.1, -0.05) is 6.08 Å². The monoisotopic (exact) mass is 510 g/mol. The zero-order valence-corrected chi connectivity index (χ0v) is 20.8. The highest BCUT2D eigenvalue weighted by atomic mass is 28.3. The van der Waals surface area contributed by atoms with Gasteiger partial charge in [-0.3, -0.25) is 4.79 Å². The van der Waals surface area contributed by atoms with Crippen molar-refractivity contribution in [2.75, 3.05) is 18.6 Å². The minimum Gasteiger partial charge on any atom is -0.527 e. The number of rotatable bonds is 2. The summed E-state index contributed by atoms with van der Waals surface area (Å²) in [6, 6.07) is 1.35. The number of methoxy groups -OCH3 is 1. The maximum atomic E-state index is 14.0. The molecule has 3 aromatic rings. The summed E-state index contributed by atoms with van der Waals surface area (Å²) < 4.78 is 26.3. The molecule has 5 rings (SSSR count). The summed E-state index contributed by atoms with van der Waals surface area (Å²) in [7, 11) is -0.155. The molecule has 187 valence electrons.